The highest BCUT2D eigenvalue weighted by Gasteiger charge is 2.18. The van der Waals surface area contributed by atoms with Crippen molar-refractivity contribution in [3.8, 4) is 0 Å². The number of halogens is 2. The van der Waals surface area contributed by atoms with Crippen molar-refractivity contribution in [1.82, 2.24) is 5.32 Å². The number of benzene rings is 1. The average molecular weight is 255 g/mol. The first-order valence-electron chi connectivity index (χ1n) is 6.75. The van der Waals surface area contributed by atoms with Gasteiger partial charge in [0.15, 0.2) is 0 Å². The summed E-state index contributed by atoms with van der Waals surface area (Å²) in [5.74, 6) is -0.231. The highest BCUT2D eigenvalue weighted by atomic mass is 19.1. The topological polar surface area (TPSA) is 12.0 Å². The molecule has 0 aromatic heterocycles. The molecule has 0 spiro atoms. The van der Waals surface area contributed by atoms with Gasteiger partial charge in [-0.3, -0.25) is 0 Å². The maximum Gasteiger partial charge on any atom is 0.126 e. The molecule has 1 aromatic rings. The van der Waals surface area contributed by atoms with E-state index in [0.29, 0.717) is 17.9 Å². The van der Waals surface area contributed by atoms with E-state index in [9.17, 15) is 8.78 Å². The Labute approximate surface area is 109 Å². The second-order valence-electron chi connectivity index (χ2n) is 4.87. The van der Waals surface area contributed by atoms with Gasteiger partial charge in [-0.15, -0.1) is 0 Å². The summed E-state index contributed by atoms with van der Waals surface area (Å²) in [6.45, 7) is 7.18. The molecule has 2 atom stereocenters. The Balaban J connectivity index is 2.78. The van der Waals surface area contributed by atoms with Gasteiger partial charge in [0.05, 0.1) is 0 Å². The summed E-state index contributed by atoms with van der Waals surface area (Å²) >= 11 is 0. The van der Waals surface area contributed by atoms with Crippen molar-refractivity contribution in [2.24, 2.45) is 5.92 Å². The van der Waals surface area contributed by atoms with Gasteiger partial charge in [0, 0.05) is 6.04 Å². The van der Waals surface area contributed by atoms with Gasteiger partial charge in [0.25, 0.3) is 0 Å². The minimum Gasteiger partial charge on any atom is -0.314 e. The third-order valence-corrected chi connectivity index (χ3v) is 3.34. The lowest BCUT2D eigenvalue weighted by Gasteiger charge is -2.25. The molecule has 0 amide bonds. The Hall–Kier alpha value is -0.960. The van der Waals surface area contributed by atoms with Gasteiger partial charge in [-0.1, -0.05) is 27.2 Å². The Bertz CT molecular complexity index is 366. The van der Waals surface area contributed by atoms with Gasteiger partial charge >= 0.3 is 0 Å². The van der Waals surface area contributed by atoms with E-state index in [1.54, 1.807) is 0 Å². The summed E-state index contributed by atoms with van der Waals surface area (Å²) < 4.78 is 26.8. The second-order valence-corrected chi connectivity index (χ2v) is 4.87. The van der Waals surface area contributed by atoms with Gasteiger partial charge in [-0.2, -0.15) is 0 Å². The molecule has 0 saturated heterocycles. The molecule has 0 aliphatic heterocycles. The summed E-state index contributed by atoms with van der Waals surface area (Å²) in [5.41, 5.74) is 0.462. The molecule has 0 aliphatic carbocycles. The third-order valence-electron chi connectivity index (χ3n) is 3.34. The maximum atomic E-state index is 13.6. The molecule has 2 unspecified atom stereocenters. The zero-order valence-corrected chi connectivity index (χ0v) is 11.5. The maximum absolute atomic E-state index is 13.6. The van der Waals surface area contributed by atoms with Crippen LogP contribution in [0.1, 0.15) is 39.2 Å². The SMILES string of the molecule is CCCC(C)C(Cc1cc(F)ccc1F)NCC. The predicted octanol–water partition coefficient (Wildman–Crippen LogP) is 3.92. The monoisotopic (exact) mass is 255 g/mol. The number of hydrogen-bond acceptors (Lipinski definition) is 1. The van der Waals surface area contributed by atoms with Crippen molar-refractivity contribution in [2.75, 3.05) is 6.54 Å². The molecule has 0 radical (unpaired) electrons. The van der Waals surface area contributed by atoms with E-state index in [2.05, 4.69) is 19.2 Å². The second kappa shape index (κ2) is 7.47. The lowest BCUT2D eigenvalue weighted by Crippen LogP contribution is -2.37. The fraction of sp³-hybridized carbons (Fsp3) is 0.600. The minimum absolute atomic E-state index is 0.200. The highest BCUT2D eigenvalue weighted by molar-refractivity contribution is 5.20. The predicted molar refractivity (Wildman–Crippen MR) is 71.6 cm³/mol. The third kappa shape index (κ3) is 4.37. The van der Waals surface area contributed by atoms with Crippen LogP contribution in [0, 0.1) is 17.6 Å². The van der Waals surface area contributed by atoms with Crippen molar-refractivity contribution in [3.63, 3.8) is 0 Å². The van der Waals surface area contributed by atoms with Gasteiger partial charge in [-0.05, 0) is 49.1 Å². The molecule has 0 fully saturated rings. The van der Waals surface area contributed by atoms with Crippen molar-refractivity contribution in [2.45, 2.75) is 46.1 Å². The lowest BCUT2D eigenvalue weighted by atomic mass is 9.91. The Morgan fingerprint density at radius 2 is 1.94 bits per heavy atom. The van der Waals surface area contributed by atoms with Crippen LogP contribution in [-0.4, -0.2) is 12.6 Å². The molecular weight excluding hydrogens is 232 g/mol. The molecule has 1 rings (SSSR count). The molecule has 3 heteroatoms. The van der Waals surface area contributed by atoms with E-state index < -0.39 is 0 Å². The zero-order chi connectivity index (χ0) is 13.5. The molecule has 0 saturated carbocycles. The molecule has 0 heterocycles. The molecule has 0 bridgehead atoms. The van der Waals surface area contributed by atoms with Crippen molar-refractivity contribution < 1.29 is 8.78 Å². The Morgan fingerprint density at radius 1 is 1.22 bits per heavy atom. The first kappa shape index (κ1) is 15.1. The number of nitrogens with one attached hydrogen (secondary N) is 1. The molecule has 18 heavy (non-hydrogen) atoms. The van der Waals surface area contributed by atoms with Gasteiger partial charge < -0.3 is 5.32 Å². The van der Waals surface area contributed by atoms with Crippen molar-refractivity contribution in [1.29, 1.82) is 0 Å². The van der Waals surface area contributed by atoms with Gasteiger partial charge in [0.1, 0.15) is 11.6 Å². The van der Waals surface area contributed by atoms with Crippen LogP contribution in [0.25, 0.3) is 0 Å². The average Bonchev–Trinajstić information content (AvgIpc) is 2.33. The lowest BCUT2D eigenvalue weighted by molar-refractivity contribution is 0.354. The molecule has 102 valence electrons. The molecule has 1 nitrogen and oxygen atoms in total. The van der Waals surface area contributed by atoms with Crippen LogP contribution < -0.4 is 5.32 Å². The molecule has 1 aromatic carbocycles. The highest BCUT2D eigenvalue weighted by Crippen LogP contribution is 2.18. The largest absolute Gasteiger partial charge is 0.314 e. The summed E-state index contributed by atoms with van der Waals surface area (Å²) in [4.78, 5) is 0. The molecule has 1 N–H and O–H groups in total. The normalized spacial score (nSPS) is 14.5. The summed E-state index contributed by atoms with van der Waals surface area (Å²) in [5, 5.41) is 3.37. The van der Waals surface area contributed by atoms with E-state index in [1.165, 1.54) is 12.1 Å². The molecule has 0 aliphatic rings. The van der Waals surface area contributed by atoms with E-state index in [0.717, 1.165) is 25.5 Å². The van der Waals surface area contributed by atoms with E-state index >= 15 is 0 Å². The van der Waals surface area contributed by atoms with Crippen LogP contribution in [0.2, 0.25) is 0 Å². The number of likely N-dealkylation sites (N-methyl/N-ethyl adjacent to an activating group) is 1. The molecular formula is C15H23F2N. The number of hydrogen-bond donors (Lipinski definition) is 1. The van der Waals surface area contributed by atoms with Crippen molar-refractivity contribution >= 4 is 0 Å². The Morgan fingerprint density at radius 3 is 2.56 bits per heavy atom. The summed E-state index contributed by atoms with van der Waals surface area (Å²) in [6.07, 6.45) is 2.74. The van der Waals surface area contributed by atoms with Gasteiger partial charge in [0.2, 0.25) is 0 Å². The minimum atomic E-state index is -0.371. The Kier molecular flexibility index (Phi) is 6.27. The summed E-state index contributed by atoms with van der Waals surface area (Å²) in [7, 11) is 0. The van der Waals surface area contributed by atoms with Crippen LogP contribution in [0.15, 0.2) is 18.2 Å². The summed E-state index contributed by atoms with van der Waals surface area (Å²) in [6, 6.07) is 3.87. The fourth-order valence-electron chi connectivity index (χ4n) is 2.33. The van der Waals surface area contributed by atoms with Crippen LogP contribution in [0.3, 0.4) is 0 Å². The standard InChI is InChI=1S/C15H23F2N/c1-4-6-11(3)15(18-5-2)10-12-9-13(16)7-8-14(12)17/h7-9,11,15,18H,4-6,10H2,1-3H3. The van der Waals surface area contributed by atoms with Crippen LogP contribution >= 0.6 is 0 Å². The van der Waals surface area contributed by atoms with E-state index in [-0.39, 0.29) is 17.7 Å². The number of rotatable bonds is 7. The van der Waals surface area contributed by atoms with Crippen molar-refractivity contribution in [3.05, 3.63) is 35.4 Å². The smallest absolute Gasteiger partial charge is 0.126 e. The zero-order valence-electron chi connectivity index (χ0n) is 11.5. The first-order valence-corrected chi connectivity index (χ1v) is 6.75. The van der Waals surface area contributed by atoms with Crippen LogP contribution in [0.4, 0.5) is 8.78 Å². The van der Waals surface area contributed by atoms with Crippen LogP contribution in [0.5, 0.6) is 0 Å². The fourth-order valence-corrected chi connectivity index (χ4v) is 2.33. The first-order chi connectivity index (χ1) is 8.58. The quantitative estimate of drug-likeness (QED) is 0.778. The van der Waals surface area contributed by atoms with E-state index in [4.69, 9.17) is 0 Å². The van der Waals surface area contributed by atoms with Crippen LogP contribution in [-0.2, 0) is 6.42 Å². The van der Waals surface area contributed by atoms with E-state index in [1.807, 2.05) is 6.92 Å². The van der Waals surface area contributed by atoms with Gasteiger partial charge in [-0.25, -0.2) is 8.78 Å².